The van der Waals surface area contributed by atoms with Gasteiger partial charge in [-0.05, 0) is 79.2 Å². The van der Waals surface area contributed by atoms with Gasteiger partial charge in [-0.1, -0.05) is 39.0 Å². The number of rotatable bonds is 6. The van der Waals surface area contributed by atoms with Gasteiger partial charge in [-0.25, -0.2) is 9.59 Å². The topological polar surface area (TPSA) is 76.7 Å². The minimum Gasteiger partial charge on any atom is -0.478 e. The van der Waals surface area contributed by atoms with Gasteiger partial charge in [0.25, 0.3) is 0 Å². The lowest BCUT2D eigenvalue weighted by Gasteiger charge is -2.58. The Bertz CT molecular complexity index is 992. The molecule has 1 aromatic heterocycles. The number of benzene rings is 1. The molecule has 5 nitrogen and oxygen atoms in total. The molecule has 32 heavy (non-hydrogen) atoms. The smallest absolute Gasteiger partial charge is 0.338 e. The first-order chi connectivity index (χ1) is 15.2. The standard InChI is InChI=1S/C27H32O5/c1-18-9-12-27(3)22(24(28)29)15-21(32-25(30)20-7-5-4-6-8-20)16-23(27)26(18,2)13-10-19-11-14-31-17-19/h4-8,11,14-15,17-18,21,23H,9-10,12-13,16H2,1-3H3,(H,28,29)/t18-,21+,23-,26+,27+/m1/s1. The Labute approximate surface area is 189 Å². The van der Waals surface area contributed by atoms with Crippen LogP contribution >= 0.6 is 0 Å². The van der Waals surface area contributed by atoms with Crippen molar-refractivity contribution in [1.82, 2.24) is 0 Å². The molecule has 5 heteroatoms. The Kier molecular flexibility index (Phi) is 6.02. The largest absolute Gasteiger partial charge is 0.478 e. The lowest BCUT2D eigenvalue weighted by Crippen LogP contribution is -2.53. The molecule has 1 N–H and O–H groups in total. The number of hydrogen-bond acceptors (Lipinski definition) is 4. The second-order valence-corrected chi connectivity index (χ2v) is 9.98. The molecule has 0 aliphatic heterocycles. The summed E-state index contributed by atoms with van der Waals surface area (Å²) >= 11 is 0. The van der Waals surface area contributed by atoms with Crippen molar-refractivity contribution in [3.05, 3.63) is 71.7 Å². The van der Waals surface area contributed by atoms with E-state index in [2.05, 4.69) is 20.8 Å². The summed E-state index contributed by atoms with van der Waals surface area (Å²) in [6.07, 6.45) is 8.87. The zero-order chi connectivity index (χ0) is 22.9. The summed E-state index contributed by atoms with van der Waals surface area (Å²) in [5.74, 6) is -0.796. The average Bonchev–Trinajstić information content (AvgIpc) is 3.30. The maximum Gasteiger partial charge on any atom is 0.338 e. The Morgan fingerprint density at radius 1 is 1.19 bits per heavy atom. The van der Waals surface area contributed by atoms with Crippen LogP contribution in [0.25, 0.3) is 0 Å². The number of carbonyl (C=O) groups is 2. The van der Waals surface area contributed by atoms with Crippen molar-refractivity contribution in [1.29, 1.82) is 0 Å². The molecule has 1 aromatic carbocycles. The molecule has 0 radical (unpaired) electrons. The van der Waals surface area contributed by atoms with E-state index in [1.807, 2.05) is 12.1 Å². The summed E-state index contributed by atoms with van der Waals surface area (Å²) in [4.78, 5) is 25.1. The first-order valence-corrected chi connectivity index (χ1v) is 11.5. The molecular formula is C27H32O5. The van der Waals surface area contributed by atoms with Gasteiger partial charge in [0.1, 0.15) is 6.10 Å². The summed E-state index contributed by atoms with van der Waals surface area (Å²) in [7, 11) is 0. The van der Waals surface area contributed by atoms with E-state index in [9.17, 15) is 14.7 Å². The quantitative estimate of drug-likeness (QED) is 0.570. The van der Waals surface area contributed by atoms with Crippen LogP contribution in [0, 0.1) is 22.7 Å². The van der Waals surface area contributed by atoms with Crippen LogP contribution in [0.15, 0.2) is 65.0 Å². The molecular weight excluding hydrogens is 404 g/mol. The number of fused-ring (bicyclic) bond motifs is 1. The highest BCUT2D eigenvalue weighted by molar-refractivity contribution is 5.90. The fourth-order valence-electron chi connectivity index (χ4n) is 6.07. The van der Waals surface area contributed by atoms with Crippen molar-refractivity contribution in [2.75, 3.05) is 0 Å². The van der Waals surface area contributed by atoms with E-state index in [-0.39, 0.29) is 11.3 Å². The molecule has 4 rings (SSSR count). The van der Waals surface area contributed by atoms with Crippen LogP contribution < -0.4 is 0 Å². The third kappa shape index (κ3) is 4.01. The lowest BCUT2D eigenvalue weighted by molar-refractivity contribution is -0.138. The Hall–Kier alpha value is -2.82. The van der Waals surface area contributed by atoms with E-state index in [4.69, 9.17) is 9.15 Å². The SMILES string of the molecule is C[C@@H]1CC[C@@]2(C)C(C(=O)O)=C[C@H](OC(=O)c3ccccc3)C[C@@H]2[C@@]1(C)CCc1ccoc1. The lowest BCUT2D eigenvalue weighted by atomic mass is 9.46. The summed E-state index contributed by atoms with van der Waals surface area (Å²) in [5.41, 5.74) is 1.49. The van der Waals surface area contributed by atoms with Gasteiger partial charge in [-0.15, -0.1) is 0 Å². The molecule has 0 amide bonds. The van der Waals surface area contributed by atoms with Crippen LogP contribution in [0.1, 0.15) is 62.4 Å². The zero-order valence-electron chi connectivity index (χ0n) is 19.0. The number of aryl methyl sites for hydroxylation is 1. The Morgan fingerprint density at radius 3 is 2.59 bits per heavy atom. The first-order valence-electron chi connectivity index (χ1n) is 11.5. The second kappa shape index (κ2) is 8.61. The molecule has 170 valence electrons. The highest BCUT2D eigenvalue weighted by Gasteiger charge is 2.57. The molecule has 2 aliphatic rings. The van der Waals surface area contributed by atoms with E-state index in [0.717, 1.165) is 31.2 Å². The van der Waals surface area contributed by atoms with Crippen LogP contribution in [-0.2, 0) is 16.0 Å². The highest BCUT2D eigenvalue weighted by Crippen LogP contribution is 2.62. The van der Waals surface area contributed by atoms with E-state index >= 15 is 0 Å². The van der Waals surface area contributed by atoms with E-state index in [0.29, 0.717) is 23.5 Å². The van der Waals surface area contributed by atoms with Crippen LogP contribution in [-0.4, -0.2) is 23.1 Å². The third-order valence-electron chi connectivity index (χ3n) is 8.25. The van der Waals surface area contributed by atoms with E-state index in [1.54, 1.807) is 42.9 Å². The van der Waals surface area contributed by atoms with Gasteiger partial charge in [0.2, 0.25) is 0 Å². The minimum atomic E-state index is -0.912. The van der Waals surface area contributed by atoms with Crippen molar-refractivity contribution in [3.63, 3.8) is 0 Å². The predicted octanol–water partition coefficient (Wildman–Crippen LogP) is 5.91. The number of furan rings is 1. The Morgan fingerprint density at radius 2 is 1.94 bits per heavy atom. The monoisotopic (exact) mass is 436 g/mol. The van der Waals surface area contributed by atoms with Crippen molar-refractivity contribution in [2.45, 2.75) is 59.0 Å². The van der Waals surface area contributed by atoms with E-state index < -0.39 is 23.5 Å². The van der Waals surface area contributed by atoms with Crippen molar-refractivity contribution in [2.24, 2.45) is 22.7 Å². The van der Waals surface area contributed by atoms with Gasteiger partial charge in [-0.3, -0.25) is 0 Å². The fourth-order valence-corrected chi connectivity index (χ4v) is 6.07. The maximum atomic E-state index is 12.7. The van der Waals surface area contributed by atoms with Crippen molar-refractivity contribution < 1.29 is 23.8 Å². The molecule has 5 atom stereocenters. The molecule has 0 saturated heterocycles. The van der Waals surface area contributed by atoms with Crippen molar-refractivity contribution >= 4 is 11.9 Å². The number of aliphatic carboxylic acids is 1. The van der Waals surface area contributed by atoms with Gasteiger partial charge in [-0.2, -0.15) is 0 Å². The number of esters is 1. The van der Waals surface area contributed by atoms with Gasteiger partial charge in [0.15, 0.2) is 0 Å². The summed E-state index contributed by atoms with van der Waals surface area (Å²) in [6, 6.07) is 10.9. The molecule has 0 unspecified atom stereocenters. The molecule has 0 spiro atoms. The number of carboxylic acids is 1. The number of carbonyl (C=O) groups excluding carboxylic acids is 1. The number of carboxylic acid groups (broad SMARTS) is 1. The molecule has 2 aliphatic carbocycles. The highest BCUT2D eigenvalue weighted by atomic mass is 16.5. The predicted molar refractivity (Wildman–Crippen MR) is 121 cm³/mol. The molecule has 1 saturated carbocycles. The van der Waals surface area contributed by atoms with E-state index in [1.165, 1.54) is 0 Å². The summed E-state index contributed by atoms with van der Waals surface area (Å²) in [6.45, 7) is 6.66. The second-order valence-electron chi connectivity index (χ2n) is 9.98. The van der Waals surface area contributed by atoms with Gasteiger partial charge >= 0.3 is 11.9 Å². The van der Waals surface area contributed by atoms with Crippen LogP contribution in [0.3, 0.4) is 0 Å². The van der Waals surface area contributed by atoms with Crippen molar-refractivity contribution in [3.8, 4) is 0 Å². The summed E-state index contributed by atoms with van der Waals surface area (Å²) in [5, 5.41) is 10.1. The summed E-state index contributed by atoms with van der Waals surface area (Å²) < 4.78 is 11.1. The minimum absolute atomic E-state index is 0.0867. The fraction of sp³-hybridized carbons (Fsp3) is 0.481. The van der Waals surface area contributed by atoms with Gasteiger partial charge in [0.05, 0.1) is 18.1 Å². The third-order valence-corrected chi connectivity index (χ3v) is 8.25. The molecule has 0 bridgehead atoms. The van der Waals surface area contributed by atoms with Crippen LogP contribution in [0.5, 0.6) is 0 Å². The average molecular weight is 437 g/mol. The number of ether oxygens (including phenoxy) is 1. The van der Waals surface area contributed by atoms with Crippen LogP contribution in [0.4, 0.5) is 0 Å². The molecule has 1 fully saturated rings. The normalized spacial score (nSPS) is 32.0. The first kappa shape index (κ1) is 22.4. The molecule has 1 heterocycles. The maximum absolute atomic E-state index is 12.7. The van der Waals surface area contributed by atoms with Gasteiger partial charge in [0, 0.05) is 11.0 Å². The van der Waals surface area contributed by atoms with Gasteiger partial charge < -0.3 is 14.3 Å². The van der Waals surface area contributed by atoms with Crippen LogP contribution in [0.2, 0.25) is 0 Å². The number of hydrogen-bond donors (Lipinski definition) is 1. The Balaban J connectivity index is 1.65. The molecule has 2 aromatic rings. The zero-order valence-corrected chi connectivity index (χ0v) is 19.0.